The summed E-state index contributed by atoms with van der Waals surface area (Å²) in [5.74, 6) is -1.79. The summed E-state index contributed by atoms with van der Waals surface area (Å²) in [4.78, 5) is 14.9. The average Bonchev–Trinajstić information content (AvgIpc) is 3.02. The summed E-state index contributed by atoms with van der Waals surface area (Å²) in [6, 6.07) is 11.6. The Morgan fingerprint density at radius 3 is 2.43 bits per heavy atom. The third-order valence-corrected chi connectivity index (χ3v) is 6.89. The standard InChI is InChI=1S/C21H23F2NO3S/c1-2-20(16-6-8-18(22)9-7-16)24(13-15-4-3-5-19(23)12-15)21(25)17-10-11-28(26,27)14-17/h3-9,12,17,20H,2,10-11,13-14H2,1H3. The molecule has 0 saturated carbocycles. The molecule has 0 aliphatic carbocycles. The lowest BCUT2D eigenvalue weighted by molar-refractivity contribution is -0.138. The van der Waals surface area contributed by atoms with Crippen LogP contribution in [0.25, 0.3) is 0 Å². The lowest BCUT2D eigenvalue weighted by atomic mass is 9.98. The number of benzene rings is 2. The highest BCUT2D eigenvalue weighted by atomic mass is 32.2. The van der Waals surface area contributed by atoms with Gasteiger partial charge < -0.3 is 4.90 Å². The van der Waals surface area contributed by atoms with Crippen LogP contribution in [-0.2, 0) is 21.2 Å². The zero-order chi connectivity index (χ0) is 20.3. The number of amides is 1. The number of sulfone groups is 1. The van der Waals surface area contributed by atoms with E-state index in [2.05, 4.69) is 0 Å². The number of nitrogens with zero attached hydrogens (tertiary/aromatic N) is 1. The summed E-state index contributed by atoms with van der Waals surface area (Å²) in [5.41, 5.74) is 1.38. The van der Waals surface area contributed by atoms with Crippen molar-refractivity contribution in [2.45, 2.75) is 32.4 Å². The minimum Gasteiger partial charge on any atom is -0.331 e. The quantitative estimate of drug-likeness (QED) is 0.730. The summed E-state index contributed by atoms with van der Waals surface area (Å²) >= 11 is 0. The van der Waals surface area contributed by atoms with Crippen molar-refractivity contribution in [1.29, 1.82) is 0 Å². The topological polar surface area (TPSA) is 54.5 Å². The molecule has 3 rings (SSSR count). The highest BCUT2D eigenvalue weighted by Gasteiger charge is 2.37. The molecule has 1 aliphatic heterocycles. The number of carbonyl (C=O) groups is 1. The zero-order valence-corrected chi connectivity index (χ0v) is 16.5. The van der Waals surface area contributed by atoms with Crippen molar-refractivity contribution >= 4 is 15.7 Å². The van der Waals surface area contributed by atoms with E-state index >= 15 is 0 Å². The summed E-state index contributed by atoms with van der Waals surface area (Å²) < 4.78 is 50.7. The van der Waals surface area contributed by atoms with E-state index in [0.29, 0.717) is 18.4 Å². The van der Waals surface area contributed by atoms with E-state index in [9.17, 15) is 22.0 Å². The Labute approximate surface area is 164 Å². The molecule has 7 heteroatoms. The van der Waals surface area contributed by atoms with Crippen LogP contribution in [0, 0.1) is 17.6 Å². The van der Waals surface area contributed by atoms with Crippen LogP contribution in [0.4, 0.5) is 8.78 Å². The third-order valence-electron chi connectivity index (χ3n) is 5.12. The molecule has 1 amide bonds. The van der Waals surface area contributed by atoms with E-state index in [1.165, 1.54) is 24.3 Å². The Hall–Kier alpha value is -2.28. The van der Waals surface area contributed by atoms with Crippen molar-refractivity contribution in [3.8, 4) is 0 Å². The number of rotatable bonds is 6. The van der Waals surface area contributed by atoms with Gasteiger partial charge in [-0.3, -0.25) is 4.79 Å². The molecular weight excluding hydrogens is 384 g/mol. The second kappa shape index (κ2) is 8.39. The van der Waals surface area contributed by atoms with E-state index in [1.807, 2.05) is 6.92 Å². The molecule has 0 aromatic heterocycles. The fourth-order valence-electron chi connectivity index (χ4n) is 3.72. The molecule has 0 radical (unpaired) electrons. The predicted octanol–water partition coefficient (Wildman–Crippen LogP) is 3.88. The SMILES string of the molecule is CCC(c1ccc(F)cc1)N(Cc1cccc(F)c1)C(=O)C1CCS(=O)(=O)C1. The third kappa shape index (κ3) is 4.76. The first-order valence-electron chi connectivity index (χ1n) is 9.30. The summed E-state index contributed by atoms with van der Waals surface area (Å²) in [5, 5.41) is 0. The Morgan fingerprint density at radius 1 is 1.14 bits per heavy atom. The van der Waals surface area contributed by atoms with Crippen LogP contribution in [0.2, 0.25) is 0 Å². The highest BCUT2D eigenvalue weighted by Crippen LogP contribution is 2.31. The second-order valence-electron chi connectivity index (χ2n) is 7.17. The minimum absolute atomic E-state index is 0.00452. The molecule has 4 nitrogen and oxygen atoms in total. The predicted molar refractivity (Wildman–Crippen MR) is 103 cm³/mol. The first-order valence-corrected chi connectivity index (χ1v) is 11.1. The van der Waals surface area contributed by atoms with Gasteiger partial charge in [-0.2, -0.15) is 0 Å². The van der Waals surface area contributed by atoms with Crippen molar-refractivity contribution in [2.24, 2.45) is 5.92 Å². The normalized spacial score (nSPS) is 19.3. The molecule has 0 spiro atoms. The largest absolute Gasteiger partial charge is 0.331 e. The van der Waals surface area contributed by atoms with Crippen molar-refractivity contribution in [3.63, 3.8) is 0 Å². The molecule has 28 heavy (non-hydrogen) atoms. The lowest BCUT2D eigenvalue weighted by Crippen LogP contribution is -2.39. The van der Waals surface area contributed by atoms with Gasteiger partial charge >= 0.3 is 0 Å². The van der Waals surface area contributed by atoms with Gasteiger partial charge in [0.15, 0.2) is 9.84 Å². The van der Waals surface area contributed by atoms with E-state index in [1.54, 1.807) is 29.2 Å². The molecule has 1 saturated heterocycles. The van der Waals surface area contributed by atoms with E-state index in [0.717, 1.165) is 5.56 Å². The molecule has 1 aliphatic rings. The molecule has 1 heterocycles. The van der Waals surface area contributed by atoms with Gasteiger partial charge in [0.2, 0.25) is 5.91 Å². The van der Waals surface area contributed by atoms with Crippen LogP contribution in [0.15, 0.2) is 48.5 Å². The second-order valence-corrected chi connectivity index (χ2v) is 9.40. The average molecular weight is 407 g/mol. The van der Waals surface area contributed by atoms with Crippen LogP contribution < -0.4 is 0 Å². The zero-order valence-electron chi connectivity index (χ0n) is 15.6. The molecule has 1 fully saturated rings. The Bertz CT molecular complexity index is 944. The molecule has 2 aromatic carbocycles. The van der Waals surface area contributed by atoms with Gasteiger partial charge in [-0.25, -0.2) is 17.2 Å². The maximum absolute atomic E-state index is 13.6. The van der Waals surface area contributed by atoms with E-state index in [4.69, 9.17) is 0 Å². The highest BCUT2D eigenvalue weighted by molar-refractivity contribution is 7.91. The van der Waals surface area contributed by atoms with Crippen LogP contribution in [-0.4, -0.2) is 30.7 Å². The maximum atomic E-state index is 13.6. The minimum atomic E-state index is -3.21. The molecule has 2 unspecified atom stereocenters. The van der Waals surface area contributed by atoms with Crippen molar-refractivity contribution in [2.75, 3.05) is 11.5 Å². The van der Waals surface area contributed by atoms with Gasteiger partial charge in [-0.1, -0.05) is 31.2 Å². The number of carbonyl (C=O) groups excluding carboxylic acids is 1. The monoisotopic (exact) mass is 407 g/mol. The van der Waals surface area contributed by atoms with Crippen molar-refractivity contribution < 1.29 is 22.0 Å². The van der Waals surface area contributed by atoms with Gasteiger partial charge in [0, 0.05) is 6.54 Å². The van der Waals surface area contributed by atoms with Crippen LogP contribution in [0.5, 0.6) is 0 Å². The van der Waals surface area contributed by atoms with Crippen molar-refractivity contribution in [1.82, 2.24) is 4.90 Å². The number of hydrogen-bond donors (Lipinski definition) is 0. The van der Waals surface area contributed by atoms with Crippen LogP contribution in [0.3, 0.4) is 0 Å². The van der Waals surface area contributed by atoms with Gasteiger partial charge in [0.05, 0.1) is 23.5 Å². The number of halogens is 2. The Morgan fingerprint density at radius 2 is 1.86 bits per heavy atom. The Balaban J connectivity index is 1.94. The van der Waals surface area contributed by atoms with Gasteiger partial charge in [0.1, 0.15) is 11.6 Å². The summed E-state index contributed by atoms with van der Waals surface area (Å²) in [6.45, 7) is 2.06. The van der Waals surface area contributed by atoms with Crippen molar-refractivity contribution in [3.05, 3.63) is 71.3 Å². The van der Waals surface area contributed by atoms with Crippen LogP contribution >= 0.6 is 0 Å². The fraction of sp³-hybridized carbons (Fsp3) is 0.381. The molecule has 2 aromatic rings. The molecular formula is C21H23F2NO3S. The van der Waals surface area contributed by atoms with Gasteiger partial charge in [0.25, 0.3) is 0 Å². The smallest absolute Gasteiger partial charge is 0.227 e. The molecule has 2 atom stereocenters. The lowest BCUT2D eigenvalue weighted by Gasteiger charge is -2.33. The van der Waals surface area contributed by atoms with Gasteiger partial charge in [-0.15, -0.1) is 0 Å². The van der Waals surface area contributed by atoms with E-state index in [-0.39, 0.29) is 35.8 Å². The molecule has 0 N–H and O–H groups in total. The van der Waals surface area contributed by atoms with Gasteiger partial charge in [-0.05, 0) is 48.2 Å². The fourth-order valence-corrected chi connectivity index (χ4v) is 5.45. The molecule has 150 valence electrons. The van der Waals surface area contributed by atoms with Crippen LogP contribution in [0.1, 0.15) is 36.9 Å². The summed E-state index contributed by atoms with van der Waals surface area (Å²) in [7, 11) is -3.21. The first kappa shape index (κ1) is 20.5. The summed E-state index contributed by atoms with van der Waals surface area (Å²) in [6.07, 6.45) is 0.854. The van der Waals surface area contributed by atoms with E-state index < -0.39 is 21.6 Å². The Kier molecular flexibility index (Phi) is 6.13. The molecule has 0 bridgehead atoms. The first-order chi connectivity index (χ1) is 13.3. The number of hydrogen-bond acceptors (Lipinski definition) is 3. The maximum Gasteiger partial charge on any atom is 0.227 e.